The molecule has 26 heavy (non-hydrogen) atoms. The highest BCUT2D eigenvalue weighted by Crippen LogP contribution is 2.16. The smallest absolute Gasteiger partial charge is 0.272 e. The molecule has 4 aromatic rings. The van der Waals surface area contributed by atoms with E-state index in [1.54, 1.807) is 18.3 Å². The minimum absolute atomic E-state index is 0.223. The number of rotatable bonds is 5. The number of amides is 1. The van der Waals surface area contributed by atoms with Crippen LogP contribution in [0.4, 0.5) is 0 Å². The van der Waals surface area contributed by atoms with Crippen LogP contribution in [0.25, 0.3) is 10.9 Å². The van der Waals surface area contributed by atoms with Crippen LogP contribution >= 0.6 is 0 Å². The average molecular weight is 346 g/mol. The van der Waals surface area contributed by atoms with Gasteiger partial charge in [0.05, 0.1) is 24.0 Å². The minimum Gasteiger partial charge on any atom is -0.343 e. The molecule has 4 rings (SSSR count). The molecule has 7 heteroatoms. The molecule has 0 fully saturated rings. The molecule has 1 aromatic carbocycles. The van der Waals surface area contributed by atoms with E-state index in [1.165, 1.54) is 11.7 Å². The molecule has 0 radical (unpaired) electrons. The second-order valence-electron chi connectivity index (χ2n) is 6.11. The summed E-state index contributed by atoms with van der Waals surface area (Å²) in [6.45, 7) is 2.50. The van der Waals surface area contributed by atoms with E-state index >= 15 is 0 Å². The van der Waals surface area contributed by atoms with Gasteiger partial charge in [-0.3, -0.25) is 9.89 Å². The number of carbonyl (C=O) groups is 1. The molecule has 130 valence electrons. The van der Waals surface area contributed by atoms with Crippen molar-refractivity contribution < 1.29 is 4.79 Å². The van der Waals surface area contributed by atoms with Crippen molar-refractivity contribution in [1.29, 1.82) is 0 Å². The van der Waals surface area contributed by atoms with Crippen molar-refractivity contribution in [2.24, 2.45) is 0 Å². The maximum atomic E-state index is 12.4. The summed E-state index contributed by atoms with van der Waals surface area (Å²) in [5.41, 5.74) is 3.12. The van der Waals surface area contributed by atoms with Crippen LogP contribution in [0.2, 0.25) is 0 Å². The first kappa shape index (κ1) is 16.0. The molecule has 2 N–H and O–H groups in total. The minimum atomic E-state index is -0.240. The van der Waals surface area contributed by atoms with Gasteiger partial charge in [0.1, 0.15) is 12.0 Å². The number of nitrogens with one attached hydrogen (secondary N) is 2. The molecular weight excluding hydrogens is 328 g/mol. The number of H-pyrrole nitrogens is 1. The Kier molecular flexibility index (Phi) is 4.18. The van der Waals surface area contributed by atoms with E-state index in [2.05, 4.69) is 48.2 Å². The summed E-state index contributed by atoms with van der Waals surface area (Å²) in [6, 6.07) is 13.6. The number of benzene rings is 1. The lowest BCUT2D eigenvalue weighted by atomic mass is 10.2. The molecular formula is C19H18N6O. The highest BCUT2D eigenvalue weighted by atomic mass is 16.2. The quantitative estimate of drug-likeness (QED) is 0.581. The molecule has 0 saturated heterocycles. The number of nitrogens with zero attached hydrogens (tertiary/aromatic N) is 4. The van der Waals surface area contributed by atoms with Crippen LogP contribution in [0.1, 0.15) is 34.8 Å². The van der Waals surface area contributed by atoms with Crippen molar-refractivity contribution in [1.82, 2.24) is 30.0 Å². The molecule has 7 nitrogen and oxygen atoms in total. The Morgan fingerprint density at radius 2 is 2.15 bits per heavy atom. The van der Waals surface area contributed by atoms with Crippen LogP contribution in [0.15, 0.2) is 61.2 Å². The number of hydrogen-bond acceptors (Lipinski definition) is 4. The van der Waals surface area contributed by atoms with Crippen LogP contribution in [-0.4, -0.2) is 30.6 Å². The van der Waals surface area contributed by atoms with E-state index in [-0.39, 0.29) is 11.9 Å². The van der Waals surface area contributed by atoms with Gasteiger partial charge in [0.2, 0.25) is 0 Å². The first-order valence-electron chi connectivity index (χ1n) is 8.35. The molecule has 0 aliphatic rings. The maximum Gasteiger partial charge on any atom is 0.272 e. The van der Waals surface area contributed by atoms with Gasteiger partial charge in [-0.05, 0) is 36.6 Å². The van der Waals surface area contributed by atoms with Crippen molar-refractivity contribution in [3.05, 3.63) is 78.3 Å². The van der Waals surface area contributed by atoms with Gasteiger partial charge in [0.15, 0.2) is 0 Å². The monoisotopic (exact) mass is 346 g/mol. The third-order valence-corrected chi connectivity index (χ3v) is 4.28. The predicted molar refractivity (Wildman–Crippen MR) is 97.5 cm³/mol. The first-order valence-corrected chi connectivity index (χ1v) is 8.35. The zero-order valence-corrected chi connectivity index (χ0v) is 14.3. The maximum absolute atomic E-state index is 12.4. The van der Waals surface area contributed by atoms with E-state index in [0.29, 0.717) is 12.2 Å². The van der Waals surface area contributed by atoms with Crippen LogP contribution in [0.5, 0.6) is 0 Å². The van der Waals surface area contributed by atoms with Gasteiger partial charge in [-0.1, -0.05) is 18.2 Å². The van der Waals surface area contributed by atoms with Crippen LogP contribution in [0, 0.1) is 0 Å². The Bertz CT molecular complexity index is 1040. The van der Waals surface area contributed by atoms with Gasteiger partial charge < -0.3 is 9.88 Å². The molecule has 0 saturated carbocycles. The Balaban J connectivity index is 1.46. The standard InChI is InChI=1S/C19H18N6O/c1-13(16-6-8-20-12-21-16)22-19(26)17-10-15(23-24-17)11-25-9-7-14-4-2-3-5-18(14)25/h2-10,12-13H,11H2,1H3,(H,22,26)(H,23,24)/t13-/m0/s1. The number of carbonyl (C=O) groups excluding carboxylic acids is 1. The van der Waals surface area contributed by atoms with Crippen LogP contribution < -0.4 is 5.32 Å². The summed E-state index contributed by atoms with van der Waals surface area (Å²) in [4.78, 5) is 20.4. The number of aromatic amines is 1. The van der Waals surface area contributed by atoms with Crippen molar-refractivity contribution in [3.63, 3.8) is 0 Å². The van der Waals surface area contributed by atoms with Gasteiger partial charge in [0, 0.05) is 17.9 Å². The van der Waals surface area contributed by atoms with Crippen molar-refractivity contribution >= 4 is 16.8 Å². The highest BCUT2D eigenvalue weighted by Gasteiger charge is 2.15. The lowest BCUT2D eigenvalue weighted by molar-refractivity contribution is 0.0934. The van der Waals surface area contributed by atoms with E-state index < -0.39 is 0 Å². The predicted octanol–water partition coefficient (Wildman–Crippen LogP) is 2.69. The second kappa shape index (κ2) is 6.79. The zero-order valence-electron chi connectivity index (χ0n) is 14.3. The Labute approximate surface area is 150 Å². The normalized spacial score (nSPS) is 12.2. The fourth-order valence-corrected chi connectivity index (χ4v) is 2.92. The van der Waals surface area contributed by atoms with E-state index in [4.69, 9.17) is 0 Å². The first-order chi connectivity index (χ1) is 12.7. The Morgan fingerprint density at radius 1 is 1.27 bits per heavy atom. The summed E-state index contributed by atoms with van der Waals surface area (Å²) in [5.74, 6) is -0.240. The third-order valence-electron chi connectivity index (χ3n) is 4.28. The number of fused-ring (bicyclic) bond motifs is 1. The fourth-order valence-electron chi connectivity index (χ4n) is 2.92. The number of hydrogen-bond donors (Lipinski definition) is 2. The molecule has 0 aliphatic carbocycles. The fraction of sp³-hybridized carbons (Fsp3) is 0.158. The lowest BCUT2D eigenvalue weighted by Gasteiger charge is -2.11. The van der Waals surface area contributed by atoms with Gasteiger partial charge in [-0.15, -0.1) is 0 Å². The molecule has 3 heterocycles. The summed E-state index contributed by atoms with van der Waals surface area (Å²) >= 11 is 0. The molecule has 0 spiro atoms. The molecule has 0 aliphatic heterocycles. The van der Waals surface area contributed by atoms with Gasteiger partial charge in [-0.25, -0.2) is 9.97 Å². The van der Waals surface area contributed by atoms with E-state index in [9.17, 15) is 4.79 Å². The molecule has 0 bridgehead atoms. The van der Waals surface area contributed by atoms with Crippen LogP contribution in [0.3, 0.4) is 0 Å². The van der Waals surface area contributed by atoms with Gasteiger partial charge >= 0.3 is 0 Å². The van der Waals surface area contributed by atoms with Crippen molar-refractivity contribution in [2.75, 3.05) is 0 Å². The Morgan fingerprint density at radius 3 is 3.00 bits per heavy atom. The van der Waals surface area contributed by atoms with E-state index in [0.717, 1.165) is 16.9 Å². The molecule has 1 atom stereocenters. The van der Waals surface area contributed by atoms with E-state index in [1.807, 2.05) is 25.3 Å². The number of para-hydroxylation sites is 1. The SMILES string of the molecule is C[C@H](NC(=O)c1cc(Cn2ccc3ccccc32)[nH]n1)c1ccncn1. The second-order valence-corrected chi connectivity index (χ2v) is 6.11. The van der Waals surface area contributed by atoms with Gasteiger partial charge in [0.25, 0.3) is 5.91 Å². The lowest BCUT2D eigenvalue weighted by Crippen LogP contribution is -2.27. The topological polar surface area (TPSA) is 88.5 Å². The largest absolute Gasteiger partial charge is 0.343 e. The van der Waals surface area contributed by atoms with Crippen LogP contribution in [-0.2, 0) is 6.54 Å². The number of aromatic nitrogens is 5. The molecule has 0 unspecified atom stereocenters. The average Bonchev–Trinajstić information content (AvgIpc) is 3.30. The summed E-state index contributed by atoms with van der Waals surface area (Å²) in [6.07, 6.45) is 5.15. The van der Waals surface area contributed by atoms with Gasteiger partial charge in [-0.2, -0.15) is 5.10 Å². The summed E-state index contributed by atoms with van der Waals surface area (Å²) in [5, 5.41) is 11.2. The highest BCUT2D eigenvalue weighted by molar-refractivity contribution is 5.92. The van der Waals surface area contributed by atoms with Crippen molar-refractivity contribution in [3.8, 4) is 0 Å². The Hall–Kier alpha value is -3.48. The molecule has 3 aromatic heterocycles. The molecule has 1 amide bonds. The zero-order chi connectivity index (χ0) is 17.9. The summed E-state index contributed by atoms with van der Waals surface area (Å²) < 4.78 is 2.12. The third kappa shape index (κ3) is 3.19. The summed E-state index contributed by atoms with van der Waals surface area (Å²) in [7, 11) is 0. The van der Waals surface area contributed by atoms with Crippen molar-refractivity contribution in [2.45, 2.75) is 19.5 Å².